The highest BCUT2D eigenvalue weighted by atomic mass is 35.5. The second kappa shape index (κ2) is 4.83. The van der Waals surface area contributed by atoms with Gasteiger partial charge in [-0.3, -0.25) is 0 Å². The van der Waals surface area contributed by atoms with Gasteiger partial charge in [-0.1, -0.05) is 35.3 Å². The predicted molar refractivity (Wildman–Crippen MR) is 51.6 cm³/mol. The first-order chi connectivity index (χ1) is 4.75. The van der Waals surface area contributed by atoms with Crippen LogP contribution in [0.15, 0.2) is 18.2 Å². The van der Waals surface area contributed by atoms with Gasteiger partial charge in [-0.15, -0.1) is 12.4 Å². The number of hydrogen-bond donors (Lipinski definition) is 1. The van der Waals surface area contributed by atoms with Gasteiger partial charge in [0.15, 0.2) is 0 Å². The van der Waals surface area contributed by atoms with Gasteiger partial charge in [0.05, 0.1) is 10.0 Å². The van der Waals surface area contributed by atoms with Crippen LogP contribution < -0.4 is 5.73 Å². The molecule has 1 rings (SSSR count). The van der Waals surface area contributed by atoms with Gasteiger partial charge in [0.25, 0.3) is 0 Å². The van der Waals surface area contributed by atoms with Crippen LogP contribution >= 0.6 is 35.6 Å². The van der Waals surface area contributed by atoms with Crippen molar-refractivity contribution >= 4 is 35.6 Å². The fourth-order valence-corrected chi connectivity index (χ4v) is 1.10. The van der Waals surface area contributed by atoms with Gasteiger partial charge >= 0.3 is 0 Å². The summed E-state index contributed by atoms with van der Waals surface area (Å²) < 4.78 is 0. The van der Waals surface area contributed by atoms with Gasteiger partial charge in [-0.2, -0.15) is 0 Å². The molecule has 0 radical (unpaired) electrons. The van der Waals surface area contributed by atoms with E-state index in [4.69, 9.17) is 28.9 Å². The third kappa shape index (κ3) is 2.53. The number of benzene rings is 1. The Kier molecular flexibility index (Phi) is 4.86. The Morgan fingerprint density at radius 1 is 1.27 bits per heavy atom. The van der Waals surface area contributed by atoms with E-state index in [1.54, 1.807) is 6.07 Å². The van der Waals surface area contributed by atoms with Gasteiger partial charge in [-0.25, -0.2) is 0 Å². The zero-order chi connectivity index (χ0) is 7.56. The van der Waals surface area contributed by atoms with Crippen molar-refractivity contribution in [2.75, 3.05) is 0 Å². The average Bonchev–Trinajstić information content (AvgIpc) is 1.95. The molecule has 62 valence electrons. The first-order valence-corrected chi connectivity index (χ1v) is 3.64. The average molecular weight is 213 g/mol. The van der Waals surface area contributed by atoms with E-state index in [1.165, 1.54) is 0 Å². The summed E-state index contributed by atoms with van der Waals surface area (Å²) in [6.45, 7) is 0.430. The van der Waals surface area contributed by atoms with E-state index >= 15 is 0 Å². The molecule has 0 fully saturated rings. The highest BCUT2D eigenvalue weighted by Crippen LogP contribution is 2.24. The molecule has 0 aliphatic heterocycles. The van der Waals surface area contributed by atoms with Crippen LogP contribution in [0, 0.1) is 0 Å². The minimum absolute atomic E-state index is 0. The minimum Gasteiger partial charge on any atom is -0.326 e. The molecule has 4 heteroatoms. The Labute approximate surface area is 81.9 Å². The van der Waals surface area contributed by atoms with E-state index < -0.39 is 0 Å². The number of rotatable bonds is 1. The lowest BCUT2D eigenvalue weighted by atomic mass is 10.2. The zero-order valence-electron chi connectivity index (χ0n) is 5.68. The summed E-state index contributed by atoms with van der Waals surface area (Å²) in [5.74, 6) is 0. The predicted octanol–water partition coefficient (Wildman–Crippen LogP) is 2.87. The molecule has 0 aliphatic rings. The molecule has 0 atom stereocenters. The second-order valence-corrected chi connectivity index (χ2v) is 2.70. The molecular formula is C7H8Cl3N. The summed E-state index contributed by atoms with van der Waals surface area (Å²) in [5.41, 5.74) is 6.26. The van der Waals surface area contributed by atoms with Crippen molar-refractivity contribution < 1.29 is 0 Å². The molecule has 0 saturated heterocycles. The molecule has 0 bridgehead atoms. The zero-order valence-corrected chi connectivity index (χ0v) is 8.01. The number of halogens is 3. The molecule has 11 heavy (non-hydrogen) atoms. The van der Waals surface area contributed by atoms with E-state index in [-0.39, 0.29) is 12.4 Å². The second-order valence-electron chi connectivity index (χ2n) is 1.92. The Balaban J connectivity index is 0.000001000. The molecule has 0 heterocycles. The maximum absolute atomic E-state index is 5.78. The largest absolute Gasteiger partial charge is 0.326 e. The molecule has 0 amide bonds. The smallest absolute Gasteiger partial charge is 0.0637 e. The Morgan fingerprint density at radius 3 is 2.36 bits per heavy atom. The quantitative estimate of drug-likeness (QED) is 0.761. The van der Waals surface area contributed by atoms with Gasteiger partial charge in [0, 0.05) is 6.54 Å². The lowest BCUT2D eigenvalue weighted by molar-refractivity contribution is 1.07. The van der Waals surface area contributed by atoms with Crippen molar-refractivity contribution in [3.05, 3.63) is 33.8 Å². The molecule has 1 nitrogen and oxygen atoms in total. The monoisotopic (exact) mass is 211 g/mol. The normalized spacial score (nSPS) is 9.00. The van der Waals surface area contributed by atoms with Crippen LogP contribution in [0.5, 0.6) is 0 Å². The van der Waals surface area contributed by atoms with Gasteiger partial charge in [0.1, 0.15) is 0 Å². The van der Waals surface area contributed by atoms with Crippen LogP contribution in [0.4, 0.5) is 0 Å². The van der Waals surface area contributed by atoms with Crippen molar-refractivity contribution in [3.8, 4) is 0 Å². The van der Waals surface area contributed by atoms with Crippen LogP contribution in [-0.2, 0) is 6.54 Å². The van der Waals surface area contributed by atoms with Crippen LogP contribution in [0.2, 0.25) is 10.0 Å². The Bertz CT molecular complexity index is 237. The van der Waals surface area contributed by atoms with E-state index in [1.807, 2.05) is 12.1 Å². The molecule has 1 aromatic carbocycles. The van der Waals surface area contributed by atoms with E-state index in [9.17, 15) is 0 Å². The maximum Gasteiger partial charge on any atom is 0.0637 e. The summed E-state index contributed by atoms with van der Waals surface area (Å²) in [6, 6.07) is 5.42. The first kappa shape index (κ1) is 11.1. The molecule has 0 aromatic heterocycles. The molecule has 0 spiro atoms. The molecule has 1 aromatic rings. The fourth-order valence-electron chi connectivity index (χ4n) is 0.706. The molecule has 0 unspecified atom stereocenters. The molecule has 0 aliphatic carbocycles. The number of hydrogen-bond acceptors (Lipinski definition) is 1. The summed E-state index contributed by atoms with van der Waals surface area (Å²) in [4.78, 5) is 0. The highest BCUT2D eigenvalue weighted by Gasteiger charge is 2.00. The number of nitrogens with two attached hydrogens (primary N) is 1. The highest BCUT2D eigenvalue weighted by molar-refractivity contribution is 6.42. The maximum atomic E-state index is 5.78. The van der Waals surface area contributed by atoms with Crippen molar-refractivity contribution in [2.24, 2.45) is 5.73 Å². The van der Waals surface area contributed by atoms with Gasteiger partial charge in [0.2, 0.25) is 0 Å². The van der Waals surface area contributed by atoms with Crippen molar-refractivity contribution in [1.29, 1.82) is 0 Å². The fraction of sp³-hybridized carbons (Fsp3) is 0.143. The molecule has 0 saturated carbocycles. The molecular weight excluding hydrogens is 204 g/mol. The summed E-state index contributed by atoms with van der Waals surface area (Å²) in [5, 5.41) is 1.12. The van der Waals surface area contributed by atoms with Gasteiger partial charge in [-0.05, 0) is 11.6 Å². The summed E-state index contributed by atoms with van der Waals surface area (Å²) in [6.07, 6.45) is 0. The third-order valence-corrected chi connectivity index (χ3v) is 2.11. The van der Waals surface area contributed by atoms with Crippen molar-refractivity contribution in [3.63, 3.8) is 0 Å². The van der Waals surface area contributed by atoms with Crippen LogP contribution in [0.25, 0.3) is 0 Å². The molecule has 2 N–H and O–H groups in total. The Morgan fingerprint density at radius 2 is 1.91 bits per heavy atom. The van der Waals surface area contributed by atoms with E-state index in [0.29, 0.717) is 16.6 Å². The summed E-state index contributed by atoms with van der Waals surface area (Å²) in [7, 11) is 0. The Hall–Kier alpha value is 0.0500. The van der Waals surface area contributed by atoms with Gasteiger partial charge < -0.3 is 5.73 Å². The van der Waals surface area contributed by atoms with Crippen LogP contribution in [0.1, 0.15) is 5.56 Å². The van der Waals surface area contributed by atoms with Crippen LogP contribution in [0.3, 0.4) is 0 Å². The summed E-state index contributed by atoms with van der Waals surface area (Å²) >= 11 is 11.5. The van der Waals surface area contributed by atoms with Crippen molar-refractivity contribution in [1.82, 2.24) is 0 Å². The SMILES string of the molecule is Cl.NCc1cccc(Cl)c1Cl. The minimum atomic E-state index is 0. The van der Waals surface area contributed by atoms with Crippen LogP contribution in [-0.4, -0.2) is 0 Å². The first-order valence-electron chi connectivity index (χ1n) is 2.88. The van der Waals surface area contributed by atoms with E-state index in [2.05, 4.69) is 0 Å². The lowest BCUT2D eigenvalue weighted by Crippen LogP contribution is -1.96. The lowest BCUT2D eigenvalue weighted by Gasteiger charge is -2.00. The van der Waals surface area contributed by atoms with Crippen molar-refractivity contribution in [2.45, 2.75) is 6.54 Å². The third-order valence-electron chi connectivity index (χ3n) is 1.25. The van der Waals surface area contributed by atoms with E-state index in [0.717, 1.165) is 5.56 Å². The topological polar surface area (TPSA) is 26.0 Å². The standard InChI is InChI=1S/C7H7Cl2N.ClH/c8-6-3-1-2-5(4-10)7(6)9;/h1-3H,4,10H2;1H.